The second-order valence-corrected chi connectivity index (χ2v) is 5.52. The molecule has 0 radical (unpaired) electrons. The Kier molecular flexibility index (Phi) is 11.0. The maximum absolute atomic E-state index is 2.41. The van der Waals surface area contributed by atoms with Crippen molar-refractivity contribution in [1.29, 1.82) is 0 Å². The van der Waals surface area contributed by atoms with Gasteiger partial charge in [0.2, 0.25) is 0 Å². The zero-order chi connectivity index (χ0) is 12.2. The van der Waals surface area contributed by atoms with E-state index in [0.717, 1.165) is 5.92 Å². The van der Waals surface area contributed by atoms with E-state index in [9.17, 15) is 0 Å². The minimum atomic E-state index is 0.918. The van der Waals surface area contributed by atoms with Crippen molar-refractivity contribution in [2.75, 3.05) is 0 Å². The highest BCUT2D eigenvalue weighted by atomic mass is 14.1. The van der Waals surface area contributed by atoms with E-state index in [4.69, 9.17) is 0 Å². The van der Waals surface area contributed by atoms with Gasteiger partial charge in [-0.2, -0.15) is 0 Å². The SMILES string of the molecule is CCCCCCCCC(C)CCC=C(C)C. The van der Waals surface area contributed by atoms with Gasteiger partial charge in [0.15, 0.2) is 0 Å². The highest BCUT2D eigenvalue weighted by Gasteiger charge is 2.00. The van der Waals surface area contributed by atoms with E-state index in [-0.39, 0.29) is 0 Å². The van der Waals surface area contributed by atoms with Gasteiger partial charge < -0.3 is 0 Å². The fourth-order valence-electron chi connectivity index (χ4n) is 2.07. The Bertz CT molecular complexity index is 163. The number of unbranched alkanes of at least 4 members (excludes halogenated alkanes) is 5. The van der Waals surface area contributed by atoms with Crippen LogP contribution in [0.3, 0.4) is 0 Å². The molecule has 0 nitrogen and oxygen atoms in total. The molecule has 0 saturated heterocycles. The van der Waals surface area contributed by atoms with Crippen LogP contribution in [0.1, 0.15) is 85.5 Å². The smallest absolute Gasteiger partial charge is 0.0346 e. The van der Waals surface area contributed by atoms with Gasteiger partial charge in [-0.05, 0) is 32.6 Å². The molecule has 0 N–H and O–H groups in total. The van der Waals surface area contributed by atoms with Crippen molar-refractivity contribution in [2.24, 2.45) is 5.92 Å². The van der Waals surface area contributed by atoms with E-state index < -0.39 is 0 Å². The van der Waals surface area contributed by atoms with Crippen molar-refractivity contribution >= 4 is 0 Å². The summed E-state index contributed by atoms with van der Waals surface area (Å²) in [4.78, 5) is 0. The van der Waals surface area contributed by atoms with Crippen LogP contribution in [0.15, 0.2) is 11.6 Å². The Labute approximate surface area is 104 Å². The third-order valence-corrected chi connectivity index (χ3v) is 3.26. The van der Waals surface area contributed by atoms with Crippen molar-refractivity contribution in [3.63, 3.8) is 0 Å². The lowest BCUT2D eigenvalue weighted by atomic mass is 9.97. The van der Waals surface area contributed by atoms with Gasteiger partial charge in [-0.1, -0.05) is 70.4 Å². The first-order valence-electron chi connectivity index (χ1n) is 7.30. The summed E-state index contributed by atoms with van der Waals surface area (Å²) in [5, 5.41) is 0. The first kappa shape index (κ1) is 15.7. The van der Waals surface area contributed by atoms with Crippen LogP contribution in [0.5, 0.6) is 0 Å². The van der Waals surface area contributed by atoms with Crippen molar-refractivity contribution in [3.8, 4) is 0 Å². The van der Waals surface area contributed by atoms with Crippen LogP contribution in [0.2, 0.25) is 0 Å². The highest BCUT2D eigenvalue weighted by molar-refractivity contribution is 4.92. The predicted octanol–water partition coefficient (Wildman–Crippen LogP) is 6.12. The summed E-state index contributed by atoms with van der Waals surface area (Å²) in [6.45, 7) is 9.08. The second kappa shape index (κ2) is 11.2. The predicted molar refractivity (Wildman–Crippen MR) is 75.8 cm³/mol. The molecule has 0 heterocycles. The lowest BCUT2D eigenvalue weighted by molar-refractivity contribution is 0.459. The van der Waals surface area contributed by atoms with Crippen molar-refractivity contribution in [2.45, 2.75) is 85.5 Å². The van der Waals surface area contributed by atoms with Gasteiger partial charge in [-0.15, -0.1) is 0 Å². The van der Waals surface area contributed by atoms with Crippen LogP contribution in [-0.4, -0.2) is 0 Å². The minimum Gasteiger partial charge on any atom is -0.0859 e. The summed E-state index contributed by atoms with van der Waals surface area (Å²) in [7, 11) is 0. The fraction of sp³-hybridized carbons (Fsp3) is 0.875. The van der Waals surface area contributed by atoms with Crippen LogP contribution in [-0.2, 0) is 0 Å². The van der Waals surface area contributed by atoms with E-state index in [0.29, 0.717) is 0 Å². The van der Waals surface area contributed by atoms with Gasteiger partial charge in [-0.25, -0.2) is 0 Å². The average Bonchev–Trinajstić information content (AvgIpc) is 2.22. The van der Waals surface area contributed by atoms with Gasteiger partial charge >= 0.3 is 0 Å². The molecule has 0 spiro atoms. The first-order chi connectivity index (χ1) is 7.66. The molecule has 96 valence electrons. The molecule has 0 amide bonds. The molecule has 1 atom stereocenters. The summed E-state index contributed by atoms with van der Waals surface area (Å²) in [5.41, 5.74) is 1.46. The molecule has 0 aliphatic rings. The minimum absolute atomic E-state index is 0.918. The van der Waals surface area contributed by atoms with Crippen molar-refractivity contribution in [1.82, 2.24) is 0 Å². The van der Waals surface area contributed by atoms with Gasteiger partial charge in [0.1, 0.15) is 0 Å². The van der Waals surface area contributed by atoms with E-state index in [1.54, 1.807) is 0 Å². The summed E-state index contributed by atoms with van der Waals surface area (Å²) >= 11 is 0. The Hall–Kier alpha value is -0.260. The maximum atomic E-state index is 2.41. The Morgan fingerprint density at radius 1 is 0.938 bits per heavy atom. The Morgan fingerprint density at radius 3 is 2.19 bits per heavy atom. The summed E-state index contributed by atoms with van der Waals surface area (Å²) in [6.07, 6.45) is 15.0. The molecule has 0 aromatic rings. The molecular formula is C16H32. The Morgan fingerprint density at radius 2 is 1.56 bits per heavy atom. The molecule has 0 bridgehead atoms. The summed E-state index contributed by atoms with van der Waals surface area (Å²) in [6, 6.07) is 0. The highest BCUT2D eigenvalue weighted by Crippen LogP contribution is 2.16. The topological polar surface area (TPSA) is 0 Å². The summed E-state index contributed by atoms with van der Waals surface area (Å²) in [5.74, 6) is 0.918. The van der Waals surface area contributed by atoms with E-state index >= 15 is 0 Å². The van der Waals surface area contributed by atoms with Crippen molar-refractivity contribution in [3.05, 3.63) is 11.6 Å². The molecule has 0 aromatic heterocycles. The maximum Gasteiger partial charge on any atom is -0.0346 e. The lowest BCUT2D eigenvalue weighted by Gasteiger charge is -2.09. The van der Waals surface area contributed by atoms with E-state index in [1.165, 1.54) is 63.4 Å². The monoisotopic (exact) mass is 224 g/mol. The standard InChI is InChI=1S/C16H32/c1-5-6-7-8-9-10-13-16(4)14-11-12-15(2)3/h12,16H,5-11,13-14H2,1-4H3. The third-order valence-electron chi connectivity index (χ3n) is 3.26. The van der Waals surface area contributed by atoms with Gasteiger partial charge in [0.05, 0.1) is 0 Å². The number of hydrogen-bond donors (Lipinski definition) is 0. The molecule has 0 rings (SSSR count). The van der Waals surface area contributed by atoms with Gasteiger partial charge in [-0.3, -0.25) is 0 Å². The molecule has 16 heavy (non-hydrogen) atoms. The number of hydrogen-bond acceptors (Lipinski definition) is 0. The number of rotatable bonds is 10. The first-order valence-corrected chi connectivity index (χ1v) is 7.30. The summed E-state index contributed by atoms with van der Waals surface area (Å²) < 4.78 is 0. The average molecular weight is 224 g/mol. The zero-order valence-electron chi connectivity index (χ0n) is 12.0. The molecule has 0 aromatic carbocycles. The van der Waals surface area contributed by atoms with E-state index in [2.05, 4.69) is 33.8 Å². The second-order valence-electron chi connectivity index (χ2n) is 5.52. The largest absolute Gasteiger partial charge is 0.0859 e. The molecular weight excluding hydrogens is 192 g/mol. The van der Waals surface area contributed by atoms with Crippen LogP contribution >= 0.6 is 0 Å². The van der Waals surface area contributed by atoms with Gasteiger partial charge in [0, 0.05) is 0 Å². The van der Waals surface area contributed by atoms with Crippen LogP contribution in [0, 0.1) is 5.92 Å². The van der Waals surface area contributed by atoms with Crippen LogP contribution in [0.25, 0.3) is 0 Å². The van der Waals surface area contributed by atoms with Crippen LogP contribution in [0.4, 0.5) is 0 Å². The quantitative estimate of drug-likeness (QED) is 0.310. The molecule has 0 aliphatic carbocycles. The molecule has 0 aliphatic heterocycles. The Balaban J connectivity index is 3.23. The molecule has 1 unspecified atom stereocenters. The third kappa shape index (κ3) is 11.8. The normalized spacial score (nSPS) is 12.5. The zero-order valence-corrected chi connectivity index (χ0v) is 12.0. The van der Waals surface area contributed by atoms with Crippen LogP contribution < -0.4 is 0 Å². The molecule has 0 heteroatoms. The fourth-order valence-corrected chi connectivity index (χ4v) is 2.07. The molecule has 0 saturated carbocycles. The number of allylic oxidation sites excluding steroid dienone is 2. The van der Waals surface area contributed by atoms with Gasteiger partial charge in [0.25, 0.3) is 0 Å². The molecule has 0 fully saturated rings. The van der Waals surface area contributed by atoms with Crippen molar-refractivity contribution < 1.29 is 0 Å². The lowest BCUT2D eigenvalue weighted by Crippen LogP contribution is -1.94. The van der Waals surface area contributed by atoms with E-state index in [1.807, 2.05) is 0 Å².